The van der Waals surface area contributed by atoms with E-state index in [0.717, 1.165) is 0 Å². The van der Waals surface area contributed by atoms with Crippen molar-refractivity contribution in [2.45, 2.75) is 6.10 Å². The average molecular weight is 261 g/mol. The van der Waals surface area contributed by atoms with Gasteiger partial charge in [-0.15, -0.1) is 0 Å². The minimum absolute atomic E-state index is 0.128. The second-order valence-corrected chi connectivity index (χ2v) is 3.96. The van der Waals surface area contributed by atoms with Crippen molar-refractivity contribution in [1.82, 2.24) is 0 Å². The first-order valence-corrected chi connectivity index (χ1v) is 5.26. The molecule has 0 saturated heterocycles. The van der Waals surface area contributed by atoms with Gasteiger partial charge >= 0.3 is 0 Å². The second kappa shape index (κ2) is 5.92. The Hall–Kier alpha value is -0.990. The number of aliphatic hydroxyl groups is 2. The third kappa shape index (κ3) is 3.26. The number of benzene rings is 1. The lowest BCUT2D eigenvalue weighted by atomic mass is 10.2. The SMILES string of the molecule is N#Cc1cc(Cl)c(Cl)cc1NCC(O)CO. The third-order valence-electron chi connectivity index (χ3n) is 1.92. The van der Waals surface area contributed by atoms with E-state index < -0.39 is 6.10 Å². The van der Waals surface area contributed by atoms with E-state index in [1.54, 1.807) is 0 Å². The quantitative estimate of drug-likeness (QED) is 0.769. The molecular weight excluding hydrogens is 251 g/mol. The van der Waals surface area contributed by atoms with E-state index in [0.29, 0.717) is 21.3 Å². The topological polar surface area (TPSA) is 76.3 Å². The van der Waals surface area contributed by atoms with Crippen molar-refractivity contribution in [3.63, 3.8) is 0 Å². The first-order valence-electron chi connectivity index (χ1n) is 4.50. The maximum absolute atomic E-state index is 9.15. The zero-order chi connectivity index (χ0) is 12.1. The Balaban J connectivity index is 2.87. The van der Waals surface area contributed by atoms with E-state index in [-0.39, 0.29) is 13.2 Å². The lowest BCUT2D eigenvalue weighted by molar-refractivity contribution is 0.105. The number of hydrogen-bond donors (Lipinski definition) is 3. The maximum atomic E-state index is 9.15. The summed E-state index contributed by atoms with van der Waals surface area (Å²) in [5, 5.41) is 30.1. The van der Waals surface area contributed by atoms with Gasteiger partial charge in [0.15, 0.2) is 0 Å². The number of hydrogen-bond acceptors (Lipinski definition) is 4. The zero-order valence-electron chi connectivity index (χ0n) is 8.24. The molecular formula is C10H10Cl2N2O2. The summed E-state index contributed by atoms with van der Waals surface area (Å²) in [7, 11) is 0. The summed E-state index contributed by atoms with van der Waals surface area (Å²) in [4.78, 5) is 0. The van der Waals surface area contributed by atoms with E-state index in [1.165, 1.54) is 12.1 Å². The molecule has 1 atom stereocenters. The monoisotopic (exact) mass is 260 g/mol. The summed E-state index contributed by atoms with van der Waals surface area (Å²) >= 11 is 11.6. The molecule has 1 unspecified atom stereocenters. The smallest absolute Gasteiger partial charge is 0.101 e. The molecule has 0 heterocycles. The predicted octanol–water partition coefficient (Wildman–Crippen LogP) is 1.63. The molecule has 0 aliphatic carbocycles. The van der Waals surface area contributed by atoms with Crippen LogP contribution >= 0.6 is 23.2 Å². The highest BCUT2D eigenvalue weighted by atomic mass is 35.5. The van der Waals surface area contributed by atoms with Crippen LogP contribution in [0.2, 0.25) is 10.0 Å². The highest BCUT2D eigenvalue weighted by Gasteiger charge is 2.08. The molecule has 0 amide bonds. The van der Waals surface area contributed by atoms with Crippen LogP contribution in [-0.4, -0.2) is 29.5 Å². The predicted molar refractivity (Wildman–Crippen MR) is 62.8 cm³/mol. The van der Waals surface area contributed by atoms with Gasteiger partial charge in [0.25, 0.3) is 0 Å². The van der Waals surface area contributed by atoms with Crippen LogP contribution in [0.5, 0.6) is 0 Å². The number of nitrogens with one attached hydrogen (secondary N) is 1. The van der Waals surface area contributed by atoms with Crippen LogP contribution < -0.4 is 5.32 Å². The van der Waals surface area contributed by atoms with Gasteiger partial charge in [0.2, 0.25) is 0 Å². The van der Waals surface area contributed by atoms with Crippen LogP contribution in [0.25, 0.3) is 0 Å². The molecule has 0 aliphatic heterocycles. The third-order valence-corrected chi connectivity index (χ3v) is 2.64. The molecule has 1 aromatic rings. The van der Waals surface area contributed by atoms with Gasteiger partial charge in [-0.2, -0.15) is 5.26 Å². The van der Waals surface area contributed by atoms with Crippen LogP contribution in [0.1, 0.15) is 5.56 Å². The number of nitriles is 1. The summed E-state index contributed by atoms with van der Waals surface area (Å²) < 4.78 is 0. The highest BCUT2D eigenvalue weighted by molar-refractivity contribution is 6.42. The van der Waals surface area contributed by atoms with E-state index >= 15 is 0 Å². The van der Waals surface area contributed by atoms with Gasteiger partial charge in [-0.3, -0.25) is 0 Å². The molecule has 0 aromatic heterocycles. The summed E-state index contributed by atoms with van der Waals surface area (Å²) in [5.41, 5.74) is 0.809. The zero-order valence-corrected chi connectivity index (χ0v) is 9.76. The Morgan fingerprint density at radius 3 is 2.56 bits per heavy atom. The number of nitrogens with zero attached hydrogens (tertiary/aromatic N) is 1. The van der Waals surface area contributed by atoms with Gasteiger partial charge < -0.3 is 15.5 Å². The van der Waals surface area contributed by atoms with Crippen molar-refractivity contribution in [3.05, 3.63) is 27.7 Å². The van der Waals surface area contributed by atoms with Gasteiger partial charge in [-0.25, -0.2) is 0 Å². The number of halogens is 2. The molecule has 1 rings (SSSR count). The first kappa shape index (κ1) is 13.1. The molecule has 86 valence electrons. The Bertz CT molecular complexity index is 418. The van der Waals surface area contributed by atoms with Gasteiger partial charge in [0.05, 0.1) is 34.0 Å². The normalized spacial score (nSPS) is 11.9. The standard InChI is InChI=1S/C10H10Cl2N2O2/c11-8-1-6(3-13)10(2-9(8)12)14-4-7(16)5-15/h1-2,7,14-16H,4-5H2. The molecule has 0 aliphatic rings. The van der Waals surface area contributed by atoms with Crippen molar-refractivity contribution in [2.75, 3.05) is 18.5 Å². The first-order chi connectivity index (χ1) is 7.58. The van der Waals surface area contributed by atoms with E-state index in [4.69, 9.17) is 38.7 Å². The van der Waals surface area contributed by atoms with Crippen molar-refractivity contribution >= 4 is 28.9 Å². The highest BCUT2D eigenvalue weighted by Crippen LogP contribution is 2.28. The maximum Gasteiger partial charge on any atom is 0.101 e. The van der Waals surface area contributed by atoms with E-state index in [9.17, 15) is 0 Å². The fourth-order valence-electron chi connectivity index (χ4n) is 1.08. The largest absolute Gasteiger partial charge is 0.394 e. The van der Waals surface area contributed by atoms with E-state index in [2.05, 4.69) is 5.32 Å². The molecule has 3 N–H and O–H groups in total. The number of aliphatic hydroxyl groups excluding tert-OH is 2. The molecule has 16 heavy (non-hydrogen) atoms. The minimum Gasteiger partial charge on any atom is -0.394 e. The lowest BCUT2D eigenvalue weighted by Crippen LogP contribution is -2.23. The van der Waals surface area contributed by atoms with Gasteiger partial charge in [0, 0.05) is 6.54 Å². The second-order valence-electron chi connectivity index (χ2n) is 3.14. The fraction of sp³-hybridized carbons (Fsp3) is 0.300. The average Bonchev–Trinajstić information content (AvgIpc) is 2.29. The summed E-state index contributed by atoms with van der Waals surface area (Å²) in [6, 6.07) is 4.90. The van der Waals surface area contributed by atoms with Crippen molar-refractivity contribution in [2.24, 2.45) is 0 Å². The van der Waals surface area contributed by atoms with Crippen LogP contribution in [0.3, 0.4) is 0 Å². The van der Waals surface area contributed by atoms with Crippen molar-refractivity contribution in [3.8, 4) is 6.07 Å². The van der Waals surface area contributed by atoms with E-state index in [1.807, 2.05) is 6.07 Å². The molecule has 0 bridgehead atoms. The Morgan fingerprint density at radius 2 is 2.00 bits per heavy atom. The van der Waals surface area contributed by atoms with Crippen LogP contribution in [-0.2, 0) is 0 Å². The summed E-state index contributed by atoms with van der Waals surface area (Å²) in [6.07, 6.45) is -0.888. The number of anilines is 1. The molecule has 6 heteroatoms. The van der Waals surface area contributed by atoms with Gasteiger partial charge in [-0.1, -0.05) is 23.2 Å². The fourth-order valence-corrected chi connectivity index (χ4v) is 1.41. The summed E-state index contributed by atoms with van der Waals surface area (Å²) in [5.74, 6) is 0. The van der Waals surface area contributed by atoms with Gasteiger partial charge in [0.1, 0.15) is 6.07 Å². The molecule has 0 radical (unpaired) electrons. The molecule has 0 fully saturated rings. The van der Waals surface area contributed by atoms with Crippen LogP contribution in [0.15, 0.2) is 12.1 Å². The van der Waals surface area contributed by atoms with Crippen LogP contribution in [0, 0.1) is 11.3 Å². The Kier molecular flexibility index (Phi) is 4.84. The minimum atomic E-state index is -0.888. The van der Waals surface area contributed by atoms with Gasteiger partial charge in [-0.05, 0) is 12.1 Å². The molecule has 0 spiro atoms. The van der Waals surface area contributed by atoms with Crippen molar-refractivity contribution in [1.29, 1.82) is 5.26 Å². The molecule has 4 nitrogen and oxygen atoms in total. The summed E-state index contributed by atoms with van der Waals surface area (Å²) in [6.45, 7) is -0.223. The number of rotatable bonds is 4. The Labute approximate surface area is 103 Å². The Morgan fingerprint density at radius 1 is 1.38 bits per heavy atom. The van der Waals surface area contributed by atoms with Crippen molar-refractivity contribution < 1.29 is 10.2 Å². The molecule has 0 saturated carbocycles. The van der Waals surface area contributed by atoms with Crippen LogP contribution in [0.4, 0.5) is 5.69 Å². The molecule has 1 aromatic carbocycles. The lowest BCUT2D eigenvalue weighted by Gasteiger charge is -2.12.